The summed E-state index contributed by atoms with van der Waals surface area (Å²) >= 11 is 0. The highest BCUT2D eigenvalue weighted by Crippen LogP contribution is 2.35. The van der Waals surface area contributed by atoms with Gasteiger partial charge in [-0.25, -0.2) is 4.79 Å². The molecule has 1 aromatic rings. The van der Waals surface area contributed by atoms with E-state index in [0.29, 0.717) is 37.6 Å². The smallest absolute Gasteiger partial charge is 0.332 e. The van der Waals surface area contributed by atoms with Gasteiger partial charge < -0.3 is 19.5 Å². The van der Waals surface area contributed by atoms with Crippen LogP contribution in [0.4, 0.5) is 0 Å². The number of hydrogen-bond donors (Lipinski definition) is 1. The summed E-state index contributed by atoms with van der Waals surface area (Å²) in [5.74, 6) is 0.412. The van der Waals surface area contributed by atoms with Crippen LogP contribution in [-0.4, -0.2) is 36.2 Å². The average molecular weight is 375 g/mol. The van der Waals surface area contributed by atoms with Crippen molar-refractivity contribution in [1.29, 1.82) is 0 Å². The van der Waals surface area contributed by atoms with Gasteiger partial charge in [0.2, 0.25) is 5.91 Å². The van der Waals surface area contributed by atoms with Gasteiger partial charge in [0, 0.05) is 0 Å². The predicted octanol–water partition coefficient (Wildman–Crippen LogP) is 3.33. The molecule has 1 N–H and O–H groups in total. The Bertz CT molecular complexity index is 716. The van der Waals surface area contributed by atoms with Gasteiger partial charge in [-0.3, -0.25) is 4.79 Å². The second-order valence-electron chi connectivity index (χ2n) is 8.41. The molecule has 1 aromatic carbocycles. The van der Waals surface area contributed by atoms with Gasteiger partial charge in [0.1, 0.15) is 24.4 Å². The first-order valence-electron chi connectivity index (χ1n) is 9.65. The molecule has 0 spiro atoms. The molecule has 1 saturated carbocycles. The lowest BCUT2D eigenvalue weighted by molar-refractivity contribution is -0.164. The molecule has 1 aliphatic heterocycles. The average Bonchev–Trinajstić information content (AvgIpc) is 3.09. The first-order chi connectivity index (χ1) is 12.7. The molecule has 1 aliphatic carbocycles. The molecule has 1 fully saturated rings. The summed E-state index contributed by atoms with van der Waals surface area (Å²) in [6, 6.07) is 5.53. The first kappa shape index (κ1) is 19.5. The van der Waals surface area contributed by atoms with Crippen LogP contribution >= 0.6 is 0 Å². The third-order valence-electron chi connectivity index (χ3n) is 5.07. The molecule has 0 aromatic heterocycles. The van der Waals surface area contributed by atoms with E-state index in [2.05, 4.69) is 5.32 Å². The van der Waals surface area contributed by atoms with Crippen LogP contribution in [0.3, 0.4) is 0 Å². The standard InChI is InChI=1S/C21H29NO5/c1-14(15-7-8-16-17(13-15)26-12-11-25-16)18(23)22-21(9-5-6-10-21)19(24)27-20(2,3)4/h7-8,13-14H,5-6,9-12H2,1-4H3,(H,22,23). The third-order valence-corrected chi connectivity index (χ3v) is 5.07. The van der Waals surface area contributed by atoms with Crippen LogP contribution in [0.2, 0.25) is 0 Å². The van der Waals surface area contributed by atoms with Crippen LogP contribution in [-0.2, 0) is 14.3 Å². The lowest BCUT2D eigenvalue weighted by Gasteiger charge is -2.33. The van der Waals surface area contributed by atoms with Crippen molar-refractivity contribution in [3.05, 3.63) is 23.8 Å². The fraction of sp³-hybridized carbons (Fsp3) is 0.619. The largest absolute Gasteiger partial charge is 0.486 e. The van der Waals surface area contributed by atoms with Crippen molar-refractivity contribution < 1.29 is 23.8 Å². The van der Waals surface area contributed by atoms with Crippen molar-refractivity contribution in [3.63, 3.8) is 0 Å². The topological polar surface area (TPSA) is 73.9 Å². The molecule has 6 heteroatoms. The predicted molar refractivity (Wildman–Crippen MR) is 101 cm³/mol. The van der Waals surface area contributed by atoms with Crippen molar-refractivity contribution in [2.45, 2.75) is 70.4 Å². The molecule has 2 aliphatic rings. The Kier molecular flexibility index (Phi) is 5.36. The molecule has 1 heterocycles. The van der Waals surface area contributed by atoms with Crippen molar-refractivity contribution >= 4 is 11.9 Å². The molecule has 148 valence electrons. The fourth-order valence-corrected chi connectivity index (χ4v) is 3.56. The minimum absolute atomic E-state index is 0.181. The fourth-order valence-electron chi connectivity index (χ4n) is 3.56. The molecular formula is C21H29NO5. The van der Waals surface area contributed by atoms with Gasteiger partial charge >= 0.3 is 5.97 Å². The number of carbonyl (C=O) groups is 2. The van der Waals surface area contributed by atoms with Crippen LogP contribution in [0.15, 0.2) is 18.2 Å². The molecule has 0 radical (unpaired) electrons. The van der Waals surface area contributed by atoms with Gasteiger partial charge in [-0.2, -0.15) is 0 Å². The minimum atomic E-state index is -0.924. The van der Waals surface area contributed by atoms with Crippen molar-refractivity contribution in [1.82, 2.24) is 5.32 Å². The molecule has 1 amide bonds. The number of rotatable bonds is 4. The van der Waals surface area contributed by atoms with Gasteiger partial charge in [0.15, 0.2) is 11.5 Å². The molecule has 6 nitrogen and oxygen atoms in total. The maximum Gasteiger partial charge on any atom is 0.332 e. The number of esters is 1. The Morgan fingerprint density at radius 3 is 2.37 bits per heavy atom. The second-order valence-corrected chi connectivity index (χ2v) is 8.41. The lowest BCUT2D eigenvalue weighted by atomic mass is 9.93. The first-order valence-corrected chi connectivity index (χ1v) is 9.65. The van der Waals surface area contributed by atoms with Gasteiger partial charge in [-0.15, -0.1) is 0 Å². The quantitative estimate of drug-likeness (QED) is 0.817. The SMILES string of the molecule is CC(C(=O)NC1(C(=O)OC(C)(C)C)CCCC1)c1ccc2c(c1)OCCO2. The van der Waals surface area contributed by atoms with Crippen molar-refractivity contribution in [2.24, 2.45) is 0 Å². The number of amides is 1. The molecule has 3 rings (SSSR count). The van der Waals surface area contributed by atoms with E-state index < -0.39 is 17.1 Å². The Labute approximate surface area is 160 Å². The summed E-state index contributed by atoms with van der Waals surface area (Å²) in [5, 5.41) is 3.01. The van der Waals surface area contributed by atoms with Crippen molar-refractivity contribution in [3.8, 4) is 11.5 Å². The van der Waals surface area contributed by atoms with E-state index in [9.17, 15) is 9.59 Å². The summed E-state index contributed by atoms with van der Waals surface area (Å²) < 4.78 is 16.7. The van der Waals surface area contributed by atoms with Gasteiger partial charge in [0.25, 0.3) is 0 Å². The number of carbonyl (C=O) groups excluding carboxylic acids is 2. The summed E-state index contributed by atoms with van der Waals surface area (Å²) in [4.78, 5) is 25.7. The zero-order valence-corrected chi connectivity index (χ0v) is 16.6. The van der Waals surface area contributed by atoms with Gasteiger partial charge in [-0.05, 0) is 58.2 Å². The van der Waals surface area contributed by atoms with Gasteiger partial charge in [0.05, 0.1) is 5.92 Å². The lowest BCUT2D eigenvalue weighted by Crippen LogP contribution is -2.55. The molecular weight excluding hydrogens is 346 g/mol. The highest BCUT2D eigenvalue weighted by molar-refractivity contribution is 5.91. The number of fused-ring (bicyclic) bond motifs is 1. The monoisotopic (exact) mass is 375 g/mol. The van der Waals surface area contributed by atoms with E-state index in [-0.39, 0.29) is 11.9 Å². The minimum Gasteiger partial charge on any atom is -0.486 e. The molecule has 1 atom stereocenters. The van der Waals surface area contributed by atoms with E-state index in [4.69, 9.17) is 14.2 Å². The number of nitrogens with one attached hydrogen (secondary N) is 1. The number of ether oxygens (including phenoxy) is 3. The molecule has 27 heavy (non-hydrogen) atoms. The summed E-state index contributed by atoms with van der Waals surface area (Å²) in [6.45, 7) is 8.38. The van der Waals surface area contributed by atoms with Crippen LogP contribution in [0.25, 0.3) is 0 Å². The zero-order valence-electron chi connectivity index (χ0n) is 16.6. The van der Waals surface area contributed by atoms with Crippen LogP contribution < -0.4 is 14.8 Å². The van der Waals surface area contributed by atoms with Crippen molar-refractivity contribution in [2.75, 3.05) is 13.2 Å². The molecule has 0 bridgehead atoms. The summed E-state index contributed by atoms with van der Waals surface area (Å²) in [5.41, 5.74) is -0.681. The Balaban J connectivity index is 1.75. The Morgan fingerprint density at radius 2 is 1.74 bits per heavy atom. The van der Waals surface area contributed by atoms with E-state index in [1.807, 2.05) is 45.9 Å². The number of hydrogen-bond acceptors (Lipinski definition) is 5. The van der Waals surface area contributed by atoms with Crippen LogP contribution in [0.1, 0.15) is 64.9 Å². The Morgan fingerprint density at radius 1 is 1.11 bits per heavy atom. The van der Waals surface area contributed by atoms with Crippen LogP contribution in [0, 0.1) is 0 Å². The summed E-state index contributed by atoms with van der Waals surface area (Å²) in [7, 11) is 0. The third kappa shape index (κ3) is 4.37. The molecule has 0 saturated heterocycles. The normalized spacial score (nSPS) is 19.3. The summed E-state index contributed by atoms with van der Waals surface area (Å²) in [6.07, 6.45) is 3.03. The van der Waals surface area contributed by atoms with Gasteiger partial charge in [-0.1, -0.05) is 18.9 Å². The second kappa shape index (κ2) is 7.41. The maximum atomic E-state index is 13.0. The highest BCUT2D eigenvalue weighted by atomic mass is 16.6. The van der Waals surface area contributed by atoms with E-state index in [1.54, 1.807) is 0 Å². The van der Waals surface area contributed by atoms with E-state index >= 15 is 0 Å². The van der Waals surface area contributed by atoms with Crippen LogP contribution in [0.5, 0.6) is 11.5 Å². The van der Waals surface area contributed by atoms with E-state index in [1.165, 1.54) is 0 Å². The molecule has 1 unspecified atom stereocenters. The maximum absolute atomic E-state index is 13.0. The zero-order chi connectivity index (χ0) is 19.7. The Hall–Kier alpha value is -2.24. The number of benzene rings is 1. The highest BCUT2D eigenvalue weighted by Gasteiger charge is 2.45. The van der Waals surface area contributed by atoms with E-state index in [0.717, 1.165) is 18.4 Å².